The highest BCUT2D eigenvalue weighted by atomic mass is 16.8. The first kappa shape index (κ1) is 28.1. The second kappa shape index (κ2) is 16.3. The van der Waals surface area contributed by atoms with Crippen molar-refractivity contribution in [1.29, 1.82) is 0 Å². The van der Waals surface area contributed by atoms with E-state index < -0.39 is 12.4 Å². The minimum Gasteiger partial charge on any atom is -0.401 e. The van der Waals surface area contributed by atoms with E-state index in [9.17, 15) is 4.79 Å². The molecule has 1 fully saturated rings. The molecule has 2 aromatic rings. The van der Waals surface area contributed by atoms with Gasteiger partial charge in [-0.2, -0.15) is 0 Å². The molecule has 1 aromatic heterocycles. The Morgan fingerprint density at radius 2 is 1.36 bits per heavy atom. The number of hydrogen-bond donors (Lipinski definition) is 0. The average Bonchev–Trinajstić information content (AvgIpc) is 3.63. The van der Waals surface area contributed by atoms with Crippen LogP contribution in [0.3, 0.4) is 0 Å². The molecule has 0 aliphatic carbocycles. The largest absolute Gasteiger partial charge is 0.516 e. The van der Waals surface area contributed by atoms with E-state index in [-0.39, 0.29) is 6.10 Å². The highest BCUT2D eigenvalue weighted by Crippen LogP contribution is 2.29. The van der Waals surface area contributed by atoms with E-state index in [1.165, 1.54) is 70.6 Å². The van der Waals surface area contributed by atoms with Gasteiger partial charge < -0.3 is 14.2 Å². The van der Waals surface area contributed by atoms with Gasteiger partial charge in [0.15, 0.2) is 0 Å². The standard InChI is InChI=1S/C30H44N2O4/c1-3-5-7-9-11-12-14-16-27-29(35-27)36-30(33)34-26-20-18-24(19-21-26)25-22-31-28(32-23-25)17-15-13-10-8-6-4-2/h18-23,27,29H,3-17H2,1-2H3/t27-,29+/m0/s1. The zero-order valence-corrected chi connectivity index (χ0v) is 22.3. The summed E-state index contributed by atoms with van der Waals surface area (Å²) in [5, 5.41) is 0. The van der Waals surface area contributed by atoms with E-state index in [1.807, 2.05) is 24.5 Å². The molecule has 0 unspecified atom stereocenters. The molecule has 6 nitrogen and oxygen atoms in total. The van der Waals surface area contributed by atoms with Crippen LogP contribution in [0, 0.1) is 0 Å². The van der Waals surface area contributed by atoms with Crippen molar-refractivity contribution in [2.24, 2.45) is 0 Å². The minimum atomic E-state index is -0.725. The number of benzene rings is 1. The summed E-state index contributed by atoms with van der Waals surface area (Å²) in [6, 6.07) is 7.30. The average molecular weight is 497 g/mol. The minimum absolute atomic E-state index is 0.0135. The van der Waals surface area contributed by atoms with Gasteiger partial charge in [-0.1, -0.05) is 103 Å². The number of nitrogens with zero attached hydrogens (tertiary/aromatic N) is 2. The highest BCUT2D eigenvalue weighted by molar-refractivity contribution is 5.66. The van der Waals surface area contributed by atoms with Gasteiger partial charge in [-0.25, -0.2) is 14.8 Å². The van der Waals surface area contributed by atoms with Crippen LogP contribution in [0.25, 0.3) is 11.1 Å². The van der Waals surface area contributed by atoms with Crippen LogP contribution in [0.4, 0.5) is 4.79 Å². The molecule has 198 valence electrons. The van der Waals surface area contributed by atoms with Gasteiger partial charge in [0, 0.05) is 24.4 Å². The van der Waals surface area contributed by atoms with Crippen LogP contribution in [-0.4, -0.2) is 28.5 Å². The summed E-state index contributed by atoms with van der Waals surface area (Å²) >= 11 is 0. The van der Waals surface area contributed by atoms with E-state index in [0.29, 0.717) is 5.75 Å². The van der Waals surface area contributed by atoms with E-state index >= 15 is 0 Å². The summed E-state index contributed by atoms with van der Waals surface area (Å²) in [7, 11) is 0. The quantitative estimate of drug-likeness (QED) is 0.0892. The molecule has 0 amide bonds. The fourth-order valence-corrected chi connectivity index (χ4v) is 4.36. The Bertz CT molecular complexity index is 870. The predicted octanol–water partition coefficient (Wildman–Crippen LogP) is 8.43. The third-order valence-corrected chi connectivity index (χ3v) is 6.69. The van der Waals surface area contributed by atoms with Crippen molar-refractivity contribution in [1.82, 2.24) is 9.97 Å². The van der Waals surface area contributed by atoms with E-state index in [1.54, 1.807) is 12.1 Å². The predicted molar refractivity (Wildman–Crippen MR) is 143 cm³/mol. The van der Waals surface area contributed by atoms with Crippen LogP contribution in [0.15, 0.2) is 36.7 Å². The monoisotopic (exact) mass is 496 g/mol. The summed E-state index contributed by atoms with van der Waals surface area (Å²) in [5.74, 6) is 1.33. The molecule has 1 saturated heterocycles. The van der Waals surface area contributed by atoms with Crippen molar-refractivity contribution < 1.29 is 19.0 Å². The lowest BCUT2D eigenvalue weighted by molar-refractivity contribution is 0.0562. The number of epoxide rings is 1. The smallest absolute Gasteiger partial charge is 0.401 e. The Morgan fingerprint density at radius 3 is 2.00 bits per heavy atom. The number of ether oxygens (including phenoxy) is 3. The number of aromatic nitrogens is 2. The molecule has 1 aromatic carbocycles. The maximum absolute atomic E-state index is 12.1. The maximum atomic E-state index is 12.1. The van der Waals surface area contributed by atoms with Crippen molar-refractivity contribution in [2.45, 2.75) is 123 Å². The van der Waals surface area contributed by atoms with Crippen LogP contribution in [0.1, 0.15) is 110 Å². The molecule has 1 aliphatic heterocycles. The van der Waals surface area contributed by atoms with Gasteiger partial charge in [0.25, 0.3) is 0 Å². The van der Waals surface area contributed by atoms with Crippen LogP contribution >= 0.6 is 0 Å². The molecule has 0 saturated carbocycles. The van der Waals surface area contributed by atoms with Crippen molar-refractivity contribution in [2.75, 3.05) is 0 Å². The summed E-state index contributed by atoms with van der Waals surface area (Å²) in [4.78, 5) is 21.1. The fraction of sp³-hybridized carbons (Fsp3) is 0.633. The van der Waals surface area contributed by atoms with Gasteiger partial charge in [0.05, 0.1) is 0 Å². The number of hydrogen-bond acceptors (Lipinski definition) is 6. The lowest BCUT2D eigenvalue weighted by atomic mass is 10.1. The third kappa shape index (κ3) is 10.7. The summed E-state index contributed by atoms with van der Waals surface area (Å²) in [5.41, 5.74) is 1.91. The zero-order valence-electron chi connectivity index (χ0n) is 22.3. The van der Waals surface area contributed by atoms with Gasteiger partial charge in [-0.3, -0.25) is 0 Å². The highest BCUT2D eigenvalue weighted by Gasteiger charge is 2.42. The Balaban J connectivity index is 1.31. The first-order valence-electron chi connectivity index (χ1n) is 14.1. The molecule has 36 heavy (non-hydrogen) atoms. The molecular weight excluding hydrogens is 452 g/mol. The molecule has 2 heterocycles. The fourth-order valence-electron chi connectivity index (χ4n) is 4.36. The molecule has 0 N–H and O–H groups in total. The van der Waals surface area contributed by atoms with E-state index in [2.05, 4.69) is 23.8 Å². The van der Waals surface area contributed by atoms with Gasteiger partial charge in [0.2, 0.25) is 6.29 Å². The number of unbranched alkanes of at least 4 members (excludes halogenated alkanes) is 11. The lowest BCUT2D eigenvalue weighted by Gasteiger charge is -2.06. The number of rotatable bonds is 18. The Hall–Kier alpha value is -2.47. The van der Waals surface area contributed by atoms with Crippen molar-refractivity contribution in [3.8, 4) is 16.9 Å². The molecule has 0 bridgehead atoms. The van der Waals surface area contributed by atoms with Crippen LogP contribution in [0.5, 0.6) is 5.75 Å². The normalized spacial score (nSPS) is 16.6. The number of aryl methyl sites for hydroxylation is 1. The first-order chi connectivity index (χ1) is 17.7. The van der Waals surface area contributed by atoms with Crippen LogP contribution in [-0.2, 0) is 15.9 Å². The summed E-state index contributed by atoms with van der Waals surface area (Å²) < 4.78 is 16.0. The van der Waals surface area contributed by atoms with Crippen molar-refractivity contribution in [3.05, 3.63) is 42.5 Å². The Labute approximate surface area is 217 Å². The molecule has 0 spiro atoms. The molecule has 3 rings (SSSR count). The molecule has 6 heteroatoms. The topological polar surface area (TPSA) is 73.8 Å². The zero-order chi connectivity index (χ0) is 25.4. The molecule has 1 aliphatic rings. The van der Waals surface area contributed by atoms with Gasteiger partial charge >= 0.3 is 6.16 Å². The second-order valence-electron chi connectivity index (χ2n) is 9.85. The lowest BCUT2D eigenvalue weighted by Crippen LogP contribution is -2.14. The van der Waals surface area contributed by atoms with Gasteiger partial charge in [0.1, 0.15) is 17.7 Å². The summed E-state index contributed by atoms with van der Waals surface area (Å²) in [6.07, 6.45) is 20.8. The molecule has 2 atom stereocenters. The SMILES string of the molecule is CCCCCCCCC[C@@H]1O[C@@H]1OC(=O)Oc1ccc(-c2cnc(CCCCCCCC)nc2)cc1. The van der Waals surface area contributed by atoms with Crippen molar-refractivity contribution >= 4 is 6.16 Å². The van der Waals surface area contributed by atoms with E-state index in [0.717, 1.165) is 42.6 Å². The third-order valence-electron chi connectivity index (χ3n) is 6.69. The molecule has 0 radical (unpaired) electrons. The molecular formula is C30H44N2O4. The van der Waals surface area contributed by atoms with Crippen molar-refractivity contribution in [3.63, 3.8) is 0 Å². The van der Waals surface area contributed by atoms with Crippen LogP contribution in [0.2, 0.25) is 0 Å². The van der Waals surface area contributed by atoms with Gasteiger partial charge in [-0.05, 0) is 30.5 Å². The Kier molecular flexibility index (Phi) is 12.7. The van der Waals surface area contributed by atoms with E-state index in [4.69, 9.17) is 14.2 Å². The first-order valence-corrected chi connectivity index (χ1v) is 14.1. The van der Waals surface area contributed by atoms with Crippen LogP contribution < -0.4 is 4.74 Å². The number of carbonyl (C=O) groups excluding carboxylic acids is 1. The second-order valence-corrected chi connectivity index (χ2v) is 9.85. The number of carbonyl (C=O) groups is 1. The summed E-state index contributed by atoms with van der Waals surface area (Å²) in [6.45, 7) is 4.47. The maximum Gasteiger partial charge on any atom is 0.516 e. The Morgan fingerprint density at radius 1 is 0.778 bits per heavy atom. The van der Waals surface area contributed by atoms with Gasteiger partial charge in [-0.15, -0.1) is 0 Å².